The molecule has 0 radical (unpaired) electrons. The number of carbonyl (C=O) groups excluding carboxylic acids is 1. The van der Waals surface area contributed by atoms with Crippen LogP contribution in [0.1, 0.15) is 78.1 Å². The molecule has 0 spiro atoms. The van der Waals surface area contributed by atoms with Crippen molar-refractivity contribution in [2.24, 2.45) is 0 Å². The summed E-state index contributed by atoms with van der Waals surface area (Å²) < 4.78 is 0. The lowest BCUT2D eigenvalue weighted by Crippen LogP contribution is -1.89. The van der Waals surface area contributed by atoms with E-state index in [2.05, 4.69) is 31.2 Å². The Labute approximate surface area is 113 Å². The monoisotopic (exact) mass is 250 g/mol. The van der Waals surface area contributed by atoms with E-state index in [1.165, 1.54) is 51.4 Å². The topological polar surface area (TPSA) is 17.1 Å². The molecule has 0 fully saturated rings. The maximum atomic E-state index is 10.7. The zero-order valence-electron chi connectivity index (χ0n) is 12.3. The first-order valence-electron chi connectivity index (χ1n) is 7.58. The fourth-order valence-electron chi connectivity index (χ4n) is 1.86. The number of unbranched alkanes of at least 4 members (excludes halogenated alkanes) is 7. The Kier molecular flexibility index (Phi) is 13.5. The van der Waals surface area contributed by atoms with Gasteiger partial charge >= 0.3 is 0 Å². The van der Waals surface area contributed by atoms with Crippen LogP contribution in [0.5, 0.6) is 0 Å². The van der Waals surface area contributed by atoms with Crippen LogP contribution in [-0.2, 0) is 4.79 Å². The first-order valence-corrected chi connectivity index (χ1v) is 7.58. The standard InChI is InChI=1S/C17H30O/c1-3-4-5-6-7-8-9-10-11-12-13-14-15-16-17(2)18/h5-8H,3-4,9-16H2,1-2H3/b6-5+,8-7+. The maximum absolute atomic E-state index is 10.7. The molecule has 0 saturated carbocycles. The van der Waals surface area contributed by atoms with Crippen molar-refractivity contribution in [2.75, 3.05) is 0 Å². The van der Waals surface area contributed by atoms with Crippen molar-refractivity contribution in [1.29, 1.82) is 0 Å². The Bertz CT molecular complexity index is 238. The molecule has 0 aliphatic rings. The van der Waals surface area contributed by atoms with Gasteiger partial charge in [0.15, 0.2) is 0 Å². The van der Waals surface area contributed by atoms with Gasteiger partial charge in [0.05, 0.1) is 0 Å². The summed E-state index contributed by atoms with van der Waals surface area (Å²) in [4.78, 5) is 10.7. The maximum Gasteiger partial charge on any atom is 0.129 e. The molecular weight excluding hydrogens is 220 g/mol. The smallest absolute Gasteiger partial charge is 0.129 e. The van der Waals surface area contributed by atoms with Gasteiger partial charge < -0.3 is 4.79 Å². The van der Waals surface area contributed by atoms with Crippen molar-refractivity contribution in [3.05, 3.63) is 24.3 Å². The van der Waals surface area contributed by atoms with Crippen LogP contribution >= 0.6 is 0 Å². The summed E-state index contributed by atoms with van der Waals surface area (Å²) in [7, 11) is 0. The fraction of sp³-hybridized carbons (Fsp3) is 0.706. The molecule has 104 valence electrons. The van der Waals surface area contributed by atoms with E-state index >= 15 is 0 Å². The molecule has 0 amide bonds. The normalized spacial score (nSPS) is 11.7. The molecule has 0 atom stereocenters. The Morgan fingerprint density at radius 1 is 0.833 bits per heavy atom. The van der Waals surface area contributed by atoms with E-state index in [1.54, 1.807) is 6.92 Å². The van der Waals surface area contributed by atoms with E-state index in [4.69, 9.17) is 0 Å². The number of Topliss-reactive ketones (excluding diaryl/α,β-unsaturated/α-hetero) is 1. The molecule has 0 aromatic heterocycles. The summed E-state index contributed by atoms with van der Waals surface area (Å²) in [6.45, 7) is 3.88. The van der Waals surface area contributed by atoms with E-state index in [-0.39, 0.29) is 0 Å². The summed E-state index contributed by atoms with van der Waals surface area (Å²) in [6.07, 6.45) is 20.7. The fourth-order valence-corrected chi connectivity index (χ4v) is 1.86. The predicted octanol–water partition coefficient (Wildman–Crippen LogP) is 5.61. The second-order valence-corrected chi connectivity index (χ2v) is 5.01. The Hall–Kier alpha value is -0.850. The molecule has 0 unspecified atom stereocenters. The minimum Gasteiger partial charge on any atom is -0.300 e. The van der Waals surface area contributed by atoms with Crippen molar-refractivity contribution < 1.29 is 4.79 Å². The van der Waals surface area contributed by atoms with E-state index < -0.39 is 0 Å². The van der Waals surface area contributed by atoms with Gasteiger partial charge in [-0.3, -0.25) is 0 Å². The minimum absolute atomic E-state index is 0.330. The first-order chi connectivity index (χ1) is 8.77. The lowest BCUT2D eigenvalue weighted by atomic mass is 10.1. The Balaban J connectivity index is 3.13. The van der Waals surface area contributed by atoms with Gasteiger partial charge in [-0.1, -0.05) is 63.3 Å². The average molecular weight is 250 g/mol. The minimum atomic E-state index is 0.330. The average Bonchev–Trinajstić information content (AvgIpc) is 2.34. The highest BCUT2D eigenvalue weighted by Crippen LogP contribution is 2.09. The number of hydrogen-bond acceptors (Lipinski definition) is 1. The third-order valence-electron chi connectivity index (χ3n) is 2.99. The molecular formula is C17H30O. The van der Waals surface area contributed by atoms with Crippen LogP contribution in [0.2, 0.25) is 0 Å². The van der Waals surface area contributed by atoms with Gasteiger partial charge in [-0.2, -0.15) is 0 Å². The van der Waals surface area contributed by atoms with E-state index in [0.717, 1.165) is 12.8 Å². The lowest BCUT2D eigenvalue weighted by Gasteiger charge is -1.99. The molecule has 1 heteroatoms. The Morgan fingerprint density at radius 3 is 2.00 bits per heavy atom. The molecule has 0 rings (SSSR count). The molecule has 0 saturated heterocycles. The summed E-state index contributed by atoms with van der Waals surface area (Å²) >= 11 is 0. The van der Waals surface area contributed by atoms with Gasteiger partial charge in [0.1, 0.15) is 5.78 Å². The van der Waals surface area contributed by atoms with E-state index in [1.807, 2.05) is 0 Å². The van der Waals surface area contributed by atoms with E-state index in [0.29, 0.717) is 5.78 Å². The molecule has 0 aromatic rings. The van der Waals surface area contributed by atoms with Gasteiger partial charge in [0.2, 0.25) is 0 Å². The highest BCUT2D eigenvalue weighted by Gasteiger charge is 1.93. The highest BCUT2D eigenvalue weighted by molar-refractivity contribution is 5.75. The number of rotatable bonds is 12. The summed E-state index contributed by atoms with van der Waals surface area (Å²) in [5.41, 5.74) is 0. The molecule has 18 heavy (non-hydrogen) atoms. The van der Waals surface area contributed by atoms with Gasteiger partial charge in [-0.15, -0.1) is 0 Å². The van der Waals surface area contributed by atoms with Crippen molar-refractivity contribution in [3.63, 3.8) is 0 Å². The summed E-state index contributed by atoms with van der Waals surface area (Å²) in [5, 5.41) is 0. The van der Waals surface area contributed by atoms with Gasteiger partial charge in [-0.25, -0.2) is 0 Å². The van der Waals surface area contributed by atoms with Gasteiger partial charge in [0, 0.05) is 6.42 Å². The highest BCUT2D eigenvalue weighted by atomic mass is 16.1. The third-order valence-corrected chi connectivity index (χ3v) is 2.99. The number of carbonyl (C=O) groups is 1. The molecule has 0 N–H and O–H groups in total. The lowest BCUT2D eigenvalue weighted by molar-refractivity contribution is -0.117. The molecule has 0 heterocycles. The van der Waals surface area contributed by atoms with Crippen LogP contribution in [0, 0.1) is 0 Å². The molecule has 0 aliphatic carbocycles. The zero-order valence-corrected chi connectivity index (χ0v) is 12.3. The number of ketones is 1. The number of hydrogen-bond donors (Lipinski definition) is 0. The predicted molar refractivity (Wildman–Crippen MR) is 80.8 cm³/mol. The van der Waals surface area contributed by atoms with Gasteiger partial charge in [0.25, 0.3) is 0 Å². The Morgan fingerprint density at radius 2 is 1.39 bits per heavy atom. The zero-order chi connectivity index (χ0) is 13.5. The number of allylic oxidation sites excluding steroid dienone is 4. The molecule has 0 bridgehead atoms. The largest absolute Gasteiger partial charge is 0.300 e. The van der Waals surface area contributed by atoms with Crippen LogP contribution in [-0.4, -0.2) is 5.78 Å². The van der Waals surface area contributed by atoms with Crippen molar-refractivity contribution in [3.8, 4) is 0 Å². The second kappa shape index (κ2) is 14.2. The molecule has 0 aromatic carbocycles. The van der Waals surface area contributed by atoms with Crippen molar-refractivity contribution in [2.45, 2.75) is 78.1 Å². The third kappa shape index (κ3) is 15.1. The summed E-state index contributed by atoms with van der Waals surface area (Å²) in [5.74, 6) is 0.330. The summed E-state index contributed by atoms with van der Waals surface area (Å²) in [6, 6.07) is 0. The van der Waals surface area contributed by atoms with Crippen molar-refractivity contribution >= 4 is 5.78 Å². The van der Waals surface area contributed by atoms with E-state index in [9.17, 15) is 4.79 Å². The van der Waals surface area contributed by atoms with Crippen LogP contribution in [0.3, 0.4) is 0 Å². The first kappa shape index (κ1) is 17.2. The van der Waals surface area contributed by atoms with Gasteiger partial charge in [-0.05, 0) is 32.6 Å². The van der Waals surface area contributed by atoms with Crippen LogP contribution in [0.25, 0.3) is 0 Å². The van der Waals surface area contributed by atoms with Crippen LogP contribution < -0.4 is 0 Å². The molecule has 1 nitrogen and oxygen atoms in total. The quantitative estimate of drug-likeness (QED) is 0.325. The molecule has 0 aliphatic heterocycles. The van der Waals surface area contributed by atoms with Crippen molar-refractivity contribution in [1.82, 2.24) is 0 Å². The van der Waals surface area contributed by atoms with Crippen LogP contribution in [0.4, 0.5) is 0 Å². The SMILES string of the molecule is CCC/C=C/C=C/CCCCCCCCC(C)=O. The van der Waals surface area contributed by atoms with Crippen LogP contribution in [0.15, 0.2) is 24.3 Å². The second-order valence-electron chi connectivity index (χ2n) is 5.01.